The topological polar surface area (TPSA) is 45.5 Å². The number of amides is 1. The summed E-state index contributed by atoms with van der Waals surface area (Å²) in [6.45, 7) is 4.20. The zero-order valence-electron chi connectivity index (χ0n) is 13.6. The number of rotatable bonds is 4. The maximum absolute atomic E-state index is 12.4. The molecule has 1 aliphatic heterocycles. The Morgan fingerprint density at radius 1 is 1.38 bits per heavy atom. The van der Waals surface area contributed by atoms with Crippen molar-refractivity contribution in [1.29, 1.82) is 0 Å². The molecule has 5 heteroatoms. The molecule has 0 radical (unpaired) electrons. The fourth-order valence-electron chi connectivity index (χ4n) is 3.22. The quantitative estimate of drug-likeness (QED) is 0.787. The summed E-state index contributed by atoms with van der Waals surface area (Å²) in [5.41, 5.74) is 2.22. The van der Waals surface area contributed by atoms with Gasteiger partial charge in [-0.25, -0.2) is 0 Å². The van der Waals surface area contributed by atoms with Crippen molar-refractivity contribution in [2.45, 2.75) is 25.9 Å². The smallest absolute Gasteiger partial charge is 0.234 e. The summed E-state index contributed by atoms with van der Waals surface area (Å²) in [6.07, 6.45) is 1.04. The second-order valence-corrected chi connectivity index (χ2v) is 7.31. The zero-order valence-corrected chi connectivity index (χ0v) is 14.4. The lowest BCUT2D eigenvalue weighted by Crippen LogP contribution is -2.40. The Labute approximate surface area is 145 Å². The van der Waals surface area contributed by atoms with E-state index >= 15 is 0 Å². The molecular weight excluding hydrogens is 320 g/mol. The third-order valence-electron chi connectivity index (χ3n) is 4.50. The average Bonchev–Trinajstić information content (AvgIpc) is 3.20. The number of nitrogens with one attached hydrogen (secondary N) is 1. The summed E-state index contributed by atoms with van der Waals surface area (Å²) < 4.78 is 5.83. The van der Waals surface area contributed by atoms with Gasteiger partial charge in [0.25, 0.3) is 0 Å². The van der Waals surface area contributed by atoms with E-state index in [9.17, 15) is 4.79 Å². The Kier molecular flexibility index (Phi) is 4.12. The van der Waals surface area contributed by atoms with E-state index in [-0.39, 0.29) is 11.9 Å². The maximum Gasteiger partial charge on any atom is 0.234 e. The van der Waals surface area contributed by atoms with Crippen molar-refractivity contribution >= 4 is 28.2 Å². The van der Waals surface area contributed by atoms with Crippen LogP contribution in [0.1, 0.15) is 29.2 Å². The van der Waals surface area contributed by atoms with Gasteiger partial charge in [0.15, 0.2) is 0 Å². The van der Waals surface area contributed by atoms with Gasteiger partial charge in [-0.2, -0.15) is 0 Å². The molecule has 3 aromatic rings. The number of furan rings is 1. The van der Waals surface area contributed by atoms with E-state index < -0.39 is 0 Å². The highest BCUT2D eigenvalue weighted by molar-refractivity contribution is 7.10. The summed E-state index contributed by atoms with van der Waals surface area (Å²) >= 11 is 1.82. The molecule has 1 aromatic carbocycles. The van der Waals surface area contributed by atoms with Gasteiger partial charge >= 0.3 is 0 Å². The van der Waals surface area contributed by atoms with Gasteiger partial charge in [0.1, 0.15) is 11.3 Å². The Balaban J connectivity index is 1.37. The fraction of sp³-hybridized carbons (Fsp3) is 0.316. The van der Waals surface area contributed by atoms with Crippen molar-refractivity contribution in [3.05, 3.63) is 58.0 Å². The molecule has 0 aliphatic carbocycles. The molecule has 4 rings (SSSR count). The van der Waals surface area contributed by atoms with E-state index in [0.717, 1.165) is 36.2 Å². The molecule has 2 aromatic heterocycles. The number of hydrogen-bond donors (Lipinski definition) is 1. The van der Waals surface area contributed by atoms with Crippen LogP contribution in [0.4, 0.5) is 0 Å². The van der Waals surface area contributed by atoms with Crippen LogP contribution in [0.25, 0.3) is 11.0 Å². The highest BCUT2D eigenvalue weighted by Crippen LogP contribution is 2.25. The molecule has 1 N–H and O–H groups in total. The van der Waals surface area contributed by atoms with Crippen LogP contribution in [0.5, 0.6) is 0 Å². The SMILES string of the molecule is CC(NC(=O)CN1CCc2sccc2C1)c1cc2ccccc2o1. The molecule has 1 aliphatic rings. The second kappa shape index (κ2) is 6.42. The van der Waals surface area contributed by atoms with E-state index in [4.69, 9.17) is 4.42 Å². The highest BCUT2D eigenvalue weighted by Gasteiger charge is 2.21. The van der Waals surface area contributed by atoms with Gasteiger partial charge in [-0.15, -0.1) is 11.3 Å². The summed E-state index contributed by atoms with van der Waals surface area (Å²) in [7, 11) is 0. The minimum Gasteiger partial charge on any atom is -0.459 e. The summed E-state index contributed by atoms with van der Waals surface area (Å²) in [6, 6.07) is 11.9. The third kappa shape index (κ3) is 3.09. The molecule has 124 valence electrons. The van der Waals surface area contributed by atoms with Gasteiger partial charge in [0, 0.05) is 23.4 Å². The van der Waals surface area contributed by atoms with Crippen LogP contribution in [0.2, 0.25) is 0 Å². The van der Waals surface area contributed by atoms with Crippen molar-refractivity contribution < 1.29 is 9.21 Å². The van der Waals surface area contributed by atoms with E-state index in [1.807, 2.05) is 48.6 Å². The number of carbonyl (C=O) groups is 1. The maximum atomic E-state index is 12.4. The molecule has 1 amide bonds. The highest BCUT2D eigenvalue weighted by atomic mass is 32.1. The fourth-order valence-corrected chi connectivity index (χ4v) is 4.11. The molecule has 3 heterocycles. The minimum atomic E-state index is -0.133. The van der Waals surface area contributed by atoms with Gasteiger partial charge in [-0.05, 0) is 42.5 Å². The molecular formula is C19H20N2O2S. The largest absolute Gasteiger partial charge is 0.459 e. The lowest BCUT2D eigenvalue weighted by molar-refractivity contribution is -0.123. The first-order valence-corrected chi connectivity index (χ1v) is 9.12. The van der Waals surface area contributed by atoms with Crippen LogP contribution in [0.3, 0.4) is 0 Å². The molecule has 1 unspecified atom stereocenters. The monoisotopic (exact) mass is 340 g/mol. The van der Waals surface area contributed by atoms with Crippen LogP contribution in [0, 0.1) is 0 Å². The normalized spacial score (nSPS) is 16.0. The first-order valence-electron chi connectivity index (χ1n) is 8.24. The summed E-state index contributed by atoms with van der Waals surface area (Å²) in [4.78, 5) is 16.0. The number of fused-ring (bicyclic) bond motifs is 2. The second-order valence-electron chi connectivity index (χ2n) is 6.31. The third-order valence-corrected chi connectivity index (χ3v) is 5.53. The summed E-state index contributed by atoms with van der Waals surface area (Å²) in [5, 5.41) is 6.25. The molecule has 0 saturated heterocycles. The van der Waals surface area contributed by atoms with E-state index in [2.05, 4.69) is 21.7 Å². The van der Waals surface area contributed by atoms with Gasteiger partial charge < -0.3 is 9.73 Å². The average molecular weight is 340 g/mol. The number of para-hydroxylation sites is 1. The van der Waals surface area contributed by atoms with Crippen LogP contribution in [-0.4, -0.2) is 23.9 Å². The van der Waals surface area contributed by atoms with Crippen LogP contribution >= 0.6 is 11.3 Å². The molecule has 0 fully saturated rings. The van der Waals surface area contributed by atoms with Gasteiger partial charge in [0.05, 0.1) is 12.6 Å². The zero-order chi connectivity index (χ0) is 16.5. The van der Waals surface area contributed by atoms with Crippen molar-refractivity contribution in [2.75, 3.05) is 13.1 Å². The van der Waals surface area contributed by atoms with Gasteiger partial charge in [-0.1, -0.05) is 18.2 Å². The first-order chi connectivity index (χ1) is 11.7. The molecule has 24 heavy (non-hydrogen) atoms. The number of thiophene rings is 1. The molecule has 1 atom stereocenters. The predicted octanol–water partition coefficient (Wildman–Crippen LogP) is 3.73. The van der Waals surface area contributed by atoms with Crippen LogP contribution in [-0.2, 0) is 17.8 Å². The number of hydrogen-bond acceptors (Lipinski definition) is 4. The molecule has 4 nitrogen and oxygen atoms in total. The number of nitrogens with zero attached hydrogens (tertiary/aromatic N) is 1. The standard InChI is InChI=1S/C19H20N2O2S/c1-13(17-10-14-4-2-3-5-16(14)23-17)20-19(22)12-21-8-6-18-15(11-21)7-9-24-18/h2-5,7,9-10,13H,6,8,11-12H2,1H3,(H,20,22). The van der Waals surface area contributed by atoms with Crippen LogP contribution in [0.15, 0.2) is 46.2 Å². The molecule has 0 saturated carbocycles. The number of carbonyl (C=O) groups excluding carboxylic acids is 1. The van der Waals surface area contributed by atoms with E-state index in [1.165, 1.54) is 10.4 Å². The van der Waals surface area contributed by atoms with Crippen LogP contribution < -0.4 is 5.32 Å². The minimum absolute atomic E-state index is 0.0432. The lowest BCUT2D eigenvalue weighted by atomic mass is 10.1. The van der Waals surface area contributed by atoms with Crippen molar-refractivity contribution in [2.24, 2.45) is 0 Å². The number of benzene rings is 1. The summed E-state index contributed by atoms with van der Waals surface area (Å²) in [5.74, 6) is 0.838. The van der Waals surface area contributed by atoms with Gasteiger partial charge in [-0.3, -0.25) is 9.69 Å². The Bertz CT molecular complexity index is 834. The predicted molar refractivity (Wildman–Crippen MR) is 96.1 cm³/mol. The Morgan fingerprint density at radius 2 is 2.25 bits per heavy atom. The van der Waals surface area contributed by atoms with Gasteiger partial charge in [0.2, 0.25) is 5.91 Å². The Morgan fingerprint density at radius 3 is 3.12 bits per heavy atom. The Hall–Kier alpha value is -2.11. The molecule has 0 spiro atoms. The van der Waals surface area contributed by atoms with Crippen molar-refractivity contribution in [3.8, 4) is 0 Å². The van der Waals surface area contributed by atoms with E-state index in [1.54, 1.807) is 0 Å². The van der Waals surface area contributed by atoms with Crippen molar-refractivity contribution in [1.82, 2.24) is 10.2 Å². The lowest BCUT2D eigenvalue weighted by Gasteiger charge is -2.26. The van der Waals surface area contributed by atoms with E-state index in [0.29, 0.717) is 6.54 Å². The van der Waals surface area contributed by atoms with Crippen molar-refractivity contribution in [3.63, 3.8) is 0 Å². The molecule has 0 bridgehead atoms. The first kappa shape index (κ1) is 15.4.